The van der Waals surface area contributed by atoms with E-state index in [1.54, 1.807) is 12.1 Å². The number of aliphatic carboxylic acids is 1. The van der Waals surface area contributed by atoms with Gasteiger partial charge in [0, 0.05) is 20.0 Å². The molecular formula is C16H24N2O5S. The number of carbonyl (C=O) groups is 2. The number of rotatable bonds is 8. The van der Waals surface area contributed by atoms with Crippen LogP contribution in [0.25, 0.3) is 0 Å². The molecule has 1 aromatic rings. The average Bonchev–Trinajstić information content (AvgIpc) is 2.50. The second-order valence-corrected chi connectivity index (χ2v) is 7.73. The summed E-state index contributed by atoms with van der Waals surface area (Å²) in [5, 5.41) is 11.7. The Bertz CT molecular complexity index is 683. The molecule has 0 saturated heterocycles. The Balaban J connectivity index is 3.13. The van der Waals surface area contributed by atoms with Crippen LogP contribution in [0.2, 0.25) is 0 Å². The van der Waals surface area contributed by atoms with E-state index in [-0.39, 0.29) is 29.8 Å². The van der Waals surface area contributed by atoms with Crippen molar-refractivity contribution in [2.45, 2.75) is 44.6 Å². The maximum Gasteiger partial charge on any atom is 0.321 e. The molecule has 0 aliphatic rings. The zero-order chi connectivity index (χ0) is 18.5. The molecule has 24 heavy (non-hydrogen) atoms. The van der Waals surface area contributed by atoms with Crippen LogP contribution in [0.15, 0.2) is 29.2 Å². The van der Waals surface area contributed by atoms with Gasteiger partial charge < -0.3 is 10.4 Å². The molecule has 2 N–H and O–H groups in total. The molecule has 0 aliphatic heterocycles. The fourth-order valence-corrected chi connectivity index (χ4v) is 3.74. The van der Waals surface area contributed by atoms with Gasteiger partial charge in [-0.15, -0.1) is 0 Å². The average molecular weight is 356 g/mol. The summed E-state index contributed by atoms with van der Waals surface area (Å²) in [6.07, 6.45) is 0. The smallest absolute Gasteiger partial charge is 0.321 e. The minimum atomic E-state index is -3.98. The zero-order valence-electron chi connectivity index (χ0n) is 14.3. The van der Waals surface area contributed by atoms with Gasteiger partial charge in [0.15, 0.2) is 0 Å². The van der Waals surface area contributed by atoms with E-state index in [1.807, 2.05) is 13.8 Å². The second-order valence-electron chi connectivity index (χ2n) is 5.84. The Morgan fingerprint density at radius 1 is 1.17 bits per heavy atom. The molecule has 0 radical (unpaired) electrons. The Labute approximate surface area is 142 Å². The van der Waals surface area contributed by atoms with Crippen molar-refractivity contribution in [1.82, 2.24) is 9.62 Å². The van der Waals surface area contributed by atoms with Crippen molar-refractivity contribution in [1.29, 1.82) is 0 Å². The van der Waals surface area contributed by atoms with Crippen LogP contribution in [0, 0.1) is 0 Å². The highest BCUT2D eigenvalue weighted by atomic mass is 32.2. The normalized spacial score (nSPS) is 13.1. The Kier molecular flexibility index (Phi) is 6.92. The summed E-state index contributed by atoms with van der Waals surface area (Å²) < 4.78 is 26.5. The van der Waals surface area contributed by atoms with Gasteiger partial charge in [0.25, 0.3) is 0 Å². The summed E-state index contributed by atoms with van der Waals surface area (Å²) in [5.74, 6) is -1.30. The van der Waals surface area contributed by atoms with E-state index < -0.39 is 22.0 Å². The Morgan fingerprint density at radius 3 is 2.12 bits per heavy atom. The molecular weight excluding hydrogens is 332 g/mol. The van der Waals surface area contributed by atoms with Gasteiger partial charge in [0.05, 0.1) is 4.90 Å². The van der Waals surface area contributed by atoms with Gasteiger partial charge in [0.1, 0.15) is 6.04 Å². The molecule has 1 unspecified atom stereocenters. The lowest BCUT2D eigenvalue weighted by molar-refractivity contribution is -0.140. The van der Waals surface area contributed by atoms with Crippen molar-refractivity contribution in [2.24, 2.45) is 0 Å². The molecule has 1 atom stereocenters. The summed E-state index contributed by atoms with van der Waals surface area (Å²) in [4.78, 5) is 22.3. The monoisotopic (exact) mass is 356 g/mol. The van der Waals surface area contributed by atoms with E-state index >= 15 is 0 Å². The van der Waals surface area contributed by atoms with Gasteiger partial charge in [0.2, 0.25) is 15.9 Å². The number of hydrogen-bond acceptors (Lipinski definition) is 4. The van der Waals surface area contributed by atoms with Crippen molar-refractivity contribution in [3.63, 3.8) is 0 Å². The Hall–Kier alpha value is -1.93. The van der Waals surface area contributed by atoms with E-state index in [0.717, 1.165) is 9.87 Å². The van der Waals surface area contributed by atoms with Gasteiger partial charge in [-0.3, -0.25) is 9.59 Å². The summed E-state index contributed by atoms with van der Waals surface area (Å²) >= 11 is 0. The molecule has 7 nitrogen and oxygen atoms in total. The Morgan fingerprint density at radius 2 is 1.71 bits per heavy atom. The number of carbonyl (C=O) groups excluding carboxylic acids is 1. The largest absolute Gasteiger partial charge is 0.480 e. The topological polar surface area (TPSA) is 104 Å². The van der Waals surface area contributed by atoms with Crippen molar-refractivity contribution in [3.8, 4) is 0 Å². The van der Waals surface area contributed by atoms with Crippen LogP contribution in [0.5, 0.6) is 0 Å². The third-order valence-corrected chi connectivity index (χ3v) is 5.63. The lowest BCUT2D eigenvalue weighted by atomic mass is 10.0. The molecule has 0 aliphatic carbocycles. The van der Waals surface area contributed by atoms with Gasteiger partial charge in [-0.25, -0.2) is 8.42 Å². The van der Waals surface area contributed by atoms with Gasteiger partial charge in [-0.05, 0) is 30.5 Å². The van der Waals surface area contributed by atoms with Gasteiger partial charge in [-0.2, -0.15) is 4.31 Å². The highest BCUT2D eigenvalue weighted by Crippen LogP contribution is 2.21. The highest BCUT2D eigenvalue weighted by Gasteiger charge is 2.32. The van der Waals surface area contributed by atoms with E-state index in [9.17, 15) is 23.1 Å². The summed E-state index contributed by atoms with van der Waals surface area (Å²) in [5.41, 5.74) is 0.991. The first-order valence-corrected chi connectivity index (χ1v) is 9.10. The number of nitrogens with one attached hydrogen (secondary N) is 1. The van der Waals surface area contributed by atoms with Crippen molar-refractivity contribution >= 4 is 21.9 Å². The van der Waals surface area contributed by atoms with Crippen molar-refractivity contribution in [2.75, 3.05) is 13.1 Å². The zero-order valence-corrected chi connectivity index (χ0v) is 15.1. The molecule has 0 aromatic heterocycles. The quantitative estimate of drug-likeness (QED) is 0.733. The minimum absolute atomic E-state index is 0.0304. The lowest BCUT2D eigenvalue weighted by Crippen LogP contribution is -2.46. The highest BCUT2D eigenvalue weighted by molar-refractivity contribution is 7.89. The maximum atomic E-state index is 12.8. The van der Waals surface area contributed by atoms with Crippen LogP contribution in [0.3, 0.4) is 0 Å². The lowest BCUT2D eigenvalue weighted by Gasteiger charge is -2.26. The van der Waals surface area contributed by atoms with Crippen molar-refractivity contribution in [3.05, 3.63) is 29.8 Å². The molecule has 1 amide bonds. The fraction of sp³-hybridized carbons (Fsp3) is 0.500. The number of carboxylic acid groups (broad SMARTS) is 1. The van der Waals surface area contributed by atoms with Crippen LogP contribution >= 0.6 is 0 Å². The van der Waals surface area contributed by atoms with Crippen LogP contribution in [-0.2, 0) is 19.6 Å². The van der Waals surface area contributed by atoms with Crippen LogP contribution in [0.4, 0.5) is 0 Å². The third-order valence-electron chi connectivity index (χ3n) is 3.65. The molecule has 8 heteroatoms. The first kappa shape index (κ1) is 20.1. The van der Waals surface area contributed by atoms with E-state index in [1.165, 1.54) is 26.0 Å². The number of carboxylic acids is 1. The number of amides is 1. The van der Waals surface area contributed by atoms with Crippen LogP contribution in [-0.4, -0.2) is 48.8 Å². The maximum absolute atomic E-state index is 12.8. The molecule has 0 fully saturated rings. The number of benzene rings is 1. The first-order chi connectivity index (χ1) is 11.1. The van der Waals surface area contributed by atoms with Gasteiger partial charge >= 0.3 is 5.97 Å². The molecule has 0 bridgehead atoms. The number of nitrogens with zero attached hydrogens (tertiary/aromatic N) is 1. The SMILES string of the molecule is CC(=O)NCCN(C(C)C(=O)O)S(=O)(=O)c1ccc(C(C)C)cc1. The summed E-state index contributed by atoms with van der Waals surface area (Å²) in [6.45, 7) is 6.52. The van der Waals surface area contributed by atoms with Crippen molar-refractivity contribution < 1.29 is 23.1 Å². The molecule has 0 spiro atoms. The number of hydrogen-bond donors (Lipinski definition) is 2. The molecule has 134 valence electrons. The number of sulfonamides is 1. The molecule has 1 aromatic carbocycles. The molecule has 0 saturated carbocycles. The molecule has 0 heterocycles. The first-order valence-electron chi connectivity index (χ1n) is 7.66. The minimum Gasteiger partial charge on any atom is -0.480 e. The van der Waals surface area contributed by atoms with Crippen LogP contribution < -0.4 is 5.32 Å². The van der Waals surface area contributed by atoms with E-state index in [4.69, 9.17) is 0 Å². The second kappa shape index (κ2) is 8.25. The van der Waals surface area contributed by atoms with E-state index in [0.29, 0.717) is 0 Å². The van der Waals surface area contributed by atoms with Crippen LogP contribution in [0.1, 0.15) is 39.2 Å². The van der Waals surface area contributed by atoms with Gasteiger partial charge in [-0.1, -0.05) is 26.0 Å². The summed E-state index contributed by atoms with van der Waals surface area (Å²) in [6, 6.07) is 5.15. The molecule has 1 rings (SSSR count). The predicted octanol–water partition coefficient (Wildman–Crippen LogP) is 1.41. The standard InChI is InChI=1S/C16H24N2O5S/c1-11(2)14-5-7-15(8-6-14)24(22,23)18(12(3)16(20)21)10-9-17-13(4)19/h5-8,11-12H,9-10H2,1-4H3,(H,17,19)(H,20,21). The summed E-state index contributed by atoms with van der Waals surface area (Å²) in [7, 11) is -3.98. The third kappa shape index (κ3) is 5.04. The fourth-order valence-electron chi connectivity index (χ4n) is 2.15. The predicted molar refractivity (Wildman–Crippen MR) is 90.2 cm³/mol. The van der Waals surface area contributed by atoms with E-state index in [2.05, 4.69) is 5.32 Å².